The van der Waals surface area contributed by atoms with Crippen molar-refractivity contribution in [2.75, 3.05) is 13.1 Å². The molecule has 0 radical (unpaired) electrons. The summed E-state index contributed by atoms with van der Waals surface area (Å²) in [6, 6.07) is 9.42. The summed E-state index contributed by atoms with van der Waals surface area (Å²) in [5.41, 5.74) is 0.895. The first-order valence-corrected chi connectivity index (χ1v) is 4.32. The average molecular weight is 195 g/mol. The van der Waals surface area contributed by atoms with Crippen molar-refractivity contribution in [1.82, 2.24) is 5.32 Å². The highest BCUT2D eigenvalue weighted by atomic mass is 19.3. The van der Waals surface area contributed by atoms with Crippen molar-refractivity contribution < 1.29 is 8.78 Å². The highest BCUT2D eigenvalue weighted by molar-refractivity contribution is 5.33. The largest absolute Gasteiger partial charge is 0.301 e. The zero-order valence-electron chi connectivity index (χ0n) is 7.63. The number of nitrogens with one attached hydrogen (secondary N) is 1. The van der Waals surface area contributed by atoms with E-state index in [0.717, 1.165) is 5.56 Å². The van der Waals surface area contributed by atoms with Gasteiger partial charge in [-0.2, -0.15) is 0 Å². The first-order chi connectivity index (χ1) is 6.79. The lowest BCUT2D eigenvalue weighted by atomic mass is 10.2. The molecule has 0 aliphatic heterocycles. The van der Waals surface area contributed by atoms with Crippen molar-refractivity contribution in [2.24, 2.45) is 0 Å². The van der Waals surface area contributed by atoms with Crippen LogP contribution < -0.4 is 5.32 Å². The minimum atomic E-state index is -2.31. The summed E-state index contributed by atoms with van der Waals surface area (Å²) >= 11 is 0. The molecule has 1 N–H and O–H groups in total. The molecule has 74 valence electrons. The molecule has 1 rings (SSSR count). The van der Waals surface area contributed by atoms with E-state index in [-0.39, 0.29) is 6.54 Å². The van der Waals surface area contributed by atoms with Gasteiger partial charge < -0.3 is 5.32 Å². The minimum Gasteiger partial charge on any atom is -0.301 e. The van der Waals surface area contributed by atoms with E-state index in [1.807, 2.05) is 30.3 Å². The molecule has 0 aliphatic carbocycles. The van der Waals surface area contributed by atoms with E-state index >= 15 is 0 Å². The molecule has 0 spiro atoms. The van der Waals surface area contributed by atoms with Gasteiger partial charge in [-0.3, -0.25) is 0 Å². The van der Waals surface area contributed by atoms with E-state index in [2.05, 4.69) is 17.2 Å². The quantitative estimate of drug-likeness (QED) is 0.573. The fraction of sp³-hybridized carbons (Fsp3) is 0.273. The number of benzene rings is 1. The van der Waals surface area contributed by atoms with Crippen LogP contribution in [0, 0.1) is 11.8 Å². The molecule has 1 aromatic carbocycles. The molecule has 0 aromatic heterocycles. The molecular weight excluding hydrogens is 184 g/mol. The lowest BCUT2D eigenvalue weighted by Crippen LogP contribution is -2.21. The third-order valence-electron chi connectivity index (χ3n) is 1.52. The predicted molar refractivity (Wildman–Crippen MR) is 52.2 cm³/mol. The number of rotatable bonds is 3. The summed E-state index contributed by atoms with van der Waals surface area (Å²) in [5.74, 6) is 5.62. The van der Waals surface area contributed by atoms with Crippen LogP contribution in [0.4, 0.5) is 8.78 Å². The second-order valence-corrected chi connectivity index (χ2v) is 2.69. The predicted octanol–water partition coefficient (Wildman–Crippen LogP) is 1.89. The van der Waals surface area contributed by atoms with Gasteiger partial charge in [-0.1, -0.05) is 30.0 Å². The van der Waals surface area contributed by atoms with Crippen LogP contribution in [0.15, 0.2) is 30.3 Å². The highest BCUT2D eigenvalue weighted by Gasteiger charge is 1.97. The van der Waals surface area contributed by atoms with E-state index < -0.39 is 6.43 Å². The summed E-state index contributed by atoms with van der Waals surface area (Å²) in [5, 5.41) is 2.53. The second-order valence-electron chi connectivity index (χ2n) is 2.69. The van der Waals surface area contributed by atoms with Gasteiger partial charge in [0.15, 0.2) is 0 Å². The Morgan fingerprint density at radius 2 is 1.93 bits per heavy atom. The maximum Gasteiger partial charge on any atom is 0.250 e. The standard InChI is InChI=1S/C11H11F2N/c12-11(13)9-14-8-4-7-10-5-2-1-3-6-10/h1-3,5-6,11,14H,8-9H2. The molecular formula is C11H11F2N. The van der Waals surface area contributed by atoms with E-state index in [1.54, 1.807) is 0 Å². The van der Waals surface area contributed by atoms with Gasteiger partial charge in [-0.15, -0.1) is 0 Å². The van der Waals surface area contributed by atoms with Gasteiger partial charge >= 0.3 is 0 Å². The van der Waals surface area contributed by atoms with Crippen LogP contribution in [0.5, 0.6) is 0 Å². The normalized spacial score (nSPS) is 9.64. The van der Waals surface area contributed by atoms with Crippen LogP contribution >= 0.6 is 0 Å². The van der Waals surface area contributed by atoms with Gasteiger partial charge in [-0.25, -0.2) is 8.78 Å². The van der Waals surface area contributed by atoms with Crippen LogP contribution in [-0.2, 0) is 0 Å². The Labute approximate surface area is 82.1 Å². The SMILES string of the molecule is FC(F)CNCC#Cc1ccccc1. The van der Waals surface area contributed by atoms with E-state index in [0.29, 0.717) is 6.54 Å². The van der Waals surface area contributed by atoms with Gasteiger partial charge in [0.25, 0.3) is 6.43 Å². The third-order valence-corrected chi connectivity index (χ3v) is 1.52. The monoisotopic (exact) mass is 195 g/mol. The average Bonchev–Trinajstić information content (AvgIpc) is 2.18. The number of hydrogen-bond acceptors (Lipinski definition) is 1. The zero-order valence-corrected chi connectivity index (χ0v) is 7.63. The molecule has 0 heterocycles. The van der Waals surface area contributed by atoms with Gasteiger partial charge in [-0.05, 0) is 12.1 Å². The summed E-state index contributed by atoms with van der Waals surface area (Å²) in [6.45, 7) is -0.0112. The Balaban J connectivity index is 2.28. The van der Waals surface area contributed by atoms with Crippen LogP contribution in [0.2, 0.25) is 0 Å². The molecule has 0 unspecified atom stereocenters. The Kier molecular flexibility index (Phi) is 4.66. The second kappa shape index (κ2) is 6.11. The van der Waals surface area contributed by atoms with E-state index in [9.17, 15) is 8.78 Å². The molecule has 0 bridgehead atoms. The van der Waals surface area contributed by atoms with Crippen molar-refractivity contribution in [3.05, 3.63) is 35.9 Å². The fourth-order valence-corrected chi connectivity index (χ4v) is 0.912. The molecule has 0 saturated heterocycles. The number of halogens is 2. The minimum absolute atomic E-state index is 0.291. The van der Waals surface area contributed by atoms with Crippen LogP contribution in [0.3, 0.4) is 0 Å². The van der Waals surface area contributed by atoms with Gasteiger partial charge in [0.2, 0.25) is 0 Å². The smallest absolute Gasteiger partial charge is 0.250 e. The Bertz CT molecular complexity index is 311. The summed E-state index contributed by atoms with van der Waals surface area (Å²) in [4.78, 5) is 0. The molecule has 1 aromatic rings. The summed E-state index contributed by atoms with van der Waals surface area (Å²) in [6.07, 6.45) is -2.31. The van der Waals surface area contributed by atoms with Gasteiger partial charge in [0.1, 0.15) is 0 Å². The maximum absolute atomic E-state index is 11.7. The van der Waals surface area contributed by atoms with Crippen molar-refractivity contribution >= 4 is 0 Å². The van der Waals surface area contributed by atoms with Gasteiger partial charge in [0.05, 0.1) is 13.1 Å². The molecule has 0 atom stereocenters. The maximum atomic E-state index is 11.7. The van der Waals surface area contributed by atoms with Crippen molar-refractivity contribution in [3.8, 4) is 11.8 Å². The van der Waals surface area contributed by atoms with Crippen molar-refractivity contribution in [1.29, 1.82) is 0 Å². The van der Waals surface area contributed by atoms with Gasteiger partial charge in [0, 0.05) is 5.56 Å². The molecule has 3 heteroatoms. The van der Waals surface area contributed by atoms with Crippen LogP contribution in [0.25, 0.3) is 0 Å². The van der Waals surface area contributed by atoms with Crippen molar-refractivity contribution in [3.63, 3.8) is 0 Å². The lowest BCUT2D eigenvalue weighted by Gasteiger charge is -1.96. The van der Waals surface area contributed by atoms with Crippen LogP contribution in [-0.4, -0.2) is 19.5 Å². The molecule has 0 amide bonds. The Morgan fingerprint density at radius 1 is 1.21 bits per heavy atom. The molecule has 0 fully saturated rings. The number of hydrogen-bond donors (Lipinski definition) is 1. The molecule has 1 nitrogen and oxygen atoms in total. The molecule has 14 heavy (non-hydrogen) atoms. The Hall–Kier alpha value is -1.40. The zero-order chi connectivity index (χ0) is 10.2. The summed E-state index contributed by atoms with van der Waals surface area (Å²) < 4.78 is 23.3. The van der Waals surface area contributed by atoms with Crippen LogP contribution in [0.1, 0.15) is 5.56 Å². The van der Waals surface area contributed by atoms with E-state index in [4.69, 9.17) is 0 Å². The van der Waals surface area contributed by atoms with Crippen molar-refractivity contribution in [2.45, 2.75) is 6.43 Å². The topological polar surface area (TPSA) is 12.0 Å². The highest BCUT2D eigenvalue weighted by Crippen LogP contribution is 1.94. The summed E-state index contributed by atoms with van der Waals surface area (Å²) in [7, 11) is 0. The lowest BCUT2D eigenvalue weighted by molar-refractivity contribution is 0.147. The first-order valence-electron chi connectivity index (χ1n) is 4.32. The number of alkyl halides is 2. The third kappa shape index (κ3) is 4.58. The molecule has 0 aliphatic rings. The fourth-order valence-electron chi connectivity index (χ4n) is 0.912. The Morgan fingerprint density at radius 3 is 2.57 bits per heavy atom. The van der Waals surface area contributed by atoms with E-state index in [1.165, 1.54) is 0 Å². The first kappa shape index (κ1) is 10.7. The molecule has 0 saturated carbocycles.